The molecule has 51 heavy (non-hydrogen) atoms. The molecule has 0 bridgehead atoms. The number of rotatable bonds is 9. The highest BCUT2D eigenvalue weighted by Crippen LogP contribution is 2.43. The average molecular weight is 656 g/mol. The van der Waals surface area contributed by atoms with Gasteiger partial charge in [0.05, 0.1) is 7.11 Å². The van der Waals surface area contributed by atoms with Crippen molar-refractivity contribution in [2.75, 3.05) is 7.11 Å². The van der Waals surface area contributed by atoms with E-state index < -0.39 is 0 Å². The Morgan fingerprint density at radius 3 is 1.84 bits per heavy atom. The summed E-state index contributed by atoms with van der Waals surface area (Å²) in [5.41, 5.74) is 11.6. The minimum absolute atomic E-state index is 0.702. The summed E-state index contributed by atoms with van der Waals surface area (Å²) < 4.78 is 6.07. The van der Waals surface area contributed by atoms with E-state index in [0.29, 0.717) is 5.75 Å². The Labute approximate surface area is 300 Å². The fourth-order valence-electron chi connectivity index (χ4n) is 7.00. The SMILES string of the molecule is CCCc1cccc(C=Nc2c(OC)cc(-c3ccc(-c4cccc5ccccc45)cc3)cc2-c2c#cc(-c3cccc4ccccc34)cc2)c1. The second kappa shape index (κ2) is 14.2. The molecule has 0 aromatic heterocycles. The van der Waals surface area contributed by atoms with Gasteiger partial charge in [0, 0.05) is 22.9 Å². The summed E-state index contributed by atoms with van der Waals surface area (Å²) in [7, 11) is 1.72. The van der Waals surface area contributed by atoms with Gasteiger partial charge in [-0.3, -0.25) is 4.99 Å². The van der Waals surface area contributed by atoms with Crippen molar-refractivity contribution in [2.45, 2.75) is 19.8 Å². The number of ether oxygens (including phenoxy) is 1. The molecule has 0 radical (unpaired) electrons. The molecule has 0 aliphatic carbocycles. The Balaban J connectivity index is 1.22. The minimum atomic E-state index is 0.702. The van der Waals surface area contributed by atoms with E-state index in [9.17, 15) is 0 Å². The fourth-order valence-corrected chi connectivity index (χ4v) is 7.00. The van der Waals surface area contributed by atoms with E-state index in [1.165, 1.54) is 38.2 Å². The largest absolute Gasteiger partial charge is 0.494 e. The van der Waals surface area contributed by atoms with Gasteiger partial charge in [0.15, 0.2) is 0 Å². The Hall–Kier alpha value is -6.43. The van der Waals surface area contributed by atoms with Gasteiger partial charge in [0.25, 0.3) is 0 Å². The Kier molecular flexibility index (Phi) is 8.86. The first-order valence-corrected chi connectivity index (χ1v) is 17.5. The molecule has 0 aliphatic heterocycles. The zero-order valence-electron chi connectivity index (χ0n) is 28.9. The van der Waals surface area contributed by atoms with Crippen LogP contribution in [0, 0.1) is 12.1 Å². The van der Waals surface area contributed by atoms with Gasteiger partial charge in [-0.1, -0.05) is 159 Å². The molecule has 0 aliphatic rings. The van der Waals surface area contributed by atoms with Gasteiger partial charge in [-0.25, -0.2) is 0 Å². The van der Waals surface area contributed by atoms with Crippen LogP contribution in [-0.2, 0) is 6.42 Å². The second-order valence-electron chi connectivity index (χ2n) is 12.9. The predicted octanol–water partition coefficient (Wildman–Crippen LogP) is 13.0. The molecule has 2 nitrogen and oxygen atoms in total. The van der Waals surface area contributed by atoms with Crippen LogP contribution in [-0.4, -0.2) is 13.3 Å². The number of aliphatic imine (C=N–C) groups is 1. The van der Waals surface area contributed by atoms with E-state index in [2.05, 4.69) is 177 Å². The van der Waals surface area contributed by atoms with Gasteiger partial charge < -0.3 is 4.74 Å². The molecule has 8 aromatic carbocycles. The summed E-state index contributed by atoms with van der Waals surface area (Å²) in [6.45, 7) is 2.20. The lowest BCUT2D eigenvalue weighted by Crippen LogP contribution is -1.92. The summed E-state index contributed by atoms with van der Waals surface area (Å²) in [6, 6.07) is 62.8. The Morgan fingerprint density at radius 1 is 0.549 bits per heavy atom. The molecule has 0 spiro atoms. The van der Waals surface area contributed by atoms with Crippen LogP contribution in [0.15, 0.2) is 163 Å². The fraction of sp³-hybridized carbons (Fsp3) is 0.0816. The van der Waals surface area contributed by atoms with Gasteiger partial charge >= 0.3 is 0 Å². The van der Waals surface area contributed by atoms with Crippen LogP contribution >= 0.6 is 0 Å². The van der Waals surface area contributed by atoms with Gasteiger partial charge in [0.1, 0.15) is 11.4 Å². The van der Waals surface area contributed by atoms with Gasteiger partial charge in [-0.05, 0) is 91.2 Å². The van der Waals surface area contributed by atoms with Crippen molar-refractivity contribution < 1.29 is 4.74 Å². The molecule has 0 N–H and O–H groups in total. The number of hydrogen-bond acceptors (Lipinski definition) is 2. The Morgan fingerprint density at radius 2 is 1.16 bits per heavy atom. The predicted molar refractivity (Wildman–Crippen MR) is 215 cm³/mol. The molecule has 0 fully saturated rings. The maximum Gasteiger partial charge on any atom is 0.145 e. The van der Waals surface area contributed by atoms with Crippen LogP contribution in [0.25, 0.3) is 66.1 Å². The van der Waals surface area contributed by atoms with Crippen molar-refractivity contribution in [3.63, 3.8) is 0 Å². The summed E-state index contributed by atoms with van der Waals surface area (Å²) in [6.07, 6.45) is 4.08. The highest BCUT2D eigenvalue weighted by Gasteiger charge is 2.15. The third-order valence-corrected chi connectivity index (χ3v) is 9.56. The monoisotopic (exact) mass is 655 g/mol. The molecule has 2 heteroatoms. The third kappa shape index (κ3) is 6.51. The maximum absolute atomic E-state index is 6.07. The maximum atomic E-state index is 6.07. The lowest BCUT2D eigenvalue weighted by molar-refractivity contribution is 0.416. The lowest BCUT2D eigenvalue weighted by Gasteiger charge is -2.14. The van der Waals surface area contributed by atoms with Gasteiger partial charge in [-0.15, -0.1) is 0 Å². The summed E-state index contributed by atoms with van der Waals surface area (Å²) in [5.74, 6) is 0.702. The van der Waals surface area contributed by atoms with Crippen LogP contribution in [0.3, 0.4) is 0 Å². The first-order chi connectivity index (χ1) is 25.2. The van der Waals surface area contributed by atoms with Crippen molar-refractivity contribution >= 4 is 33.4 Å². The van der Waals surface area contributed by atoms with Crippen molar-refractivity contribution in [1.29, 1.82) is 0 Å². The van der Waals surface area contributed by atoms with E-state index in [1.54, 1.807) is 7.11 Å². The molecule has 8 aromatic rings. The smallest absolute Gasteiger partial charge is 0.145 e. The topological polar surface area (TPSA) is 21.6 Å². The first-order valence-electron chi connectivity index (χ1n) is 17.5. The normalized spacial score (nSPS) is 11.3. The second-order valence-corrected chi connectivity index (χ2v) is 12.9. The standard InChI is InChI=1S/C49H37NO/c1-3-11-34-12-8-13-35(30-34)33-50-49-47(41-28-26-40(27-29-41)46-21-10-17-38-15-5-7-19-44(38)46)31-42(32-48(49)51-2)36-22-24-39(25-23-36)45-20-9-16-37-14-4-6-18-43(37)45/h4-10,12-26,28,30-33H,3,11H2,1-2H3. The van der Waals surface area contributed by atoms with Crippen molar-refractivity contribution in [2.24, 2.45) is 4.99 Å². The molecular formula is C49H37NO. The van der Waals surface area contributed by atoms with Crippen molar-refractivity contribution in [3.05, 3.63) is 181 Å². The van der Waals surface area contributed by atoms with Crippen molar-refractivity contribution in [3.8, 4) is 50.3 Å². The Bertz CT molecular complexity index is 2500. The first kappa shape index (κ1) is 31.8. The third-order valence-electron chi connectivity index (χ3n) is 9.56. The summed E-state index contributed by atoms with van der Waals surface area (Å²) >= 11 is 0. The number of nitrogens with zero attached hydrogens (tertiary/aromatic N) is 1. The highest BCUT2D eigenvalue weighted by atomic mass is 16.5. The molecule has 0 heterocycles. The van der Waals surface area contributed by atoms with Crippen LogP contribution in [0.4, 0.5) is 5.69 Å². The molecule has 0 saturated heterocycles. The van der Waals surface area contributed by atoms with Gasteiger partial charge in [0.2, 0.25) is 0 Å². The highest BCUT2D eigenvalue weighted by molar-refractivity contribution is 5.98. The summed E-state index contributed by atoms with van der Waals surface area (Å²) in [5, 5.41) is 4.89. The molecule has 0 amide bonds. The number of methoxy groups -OCH3 is 1. The lowest BCUT2D eigenvalue weighted by atomic mass is 9.93. The average Bonchev–Trinajstić information content (AvgIpc) is 3.20. The van der Waals surface area contributed by atoms with E-state index in [0.717, 1.165) is 57.5 Å². The van der Waals surface area contributed by atoms with Crippen LogP contribution in [0.5, 0.6) is 5.75 Å². The number of hydrogen-bond donors (Lipinski definition) is 0. The van der Waals surface area contributed by atoms with E-state index in [4.69, 9.17) is 9.73 Å². The van der Waals surface area contributed by atoms with Crippen LogP contribution in [0.1, 0.15) is 24.5 Å². The molecular weight excluding hydrogens is 619 g/mol. The quantitative estimate of drug-likeness (QED) is 0.142. The molecule has 244 valence electrons. The minimum Gasteiger partial charge on any atom is -0.494 e. The van der Waals surface area contributed by atoms with E-state index in [-0.39, 0.29) is 0 Å². The zero-order valence-corrected chi connectivity index (χ0v) is 28.9. The van der Waals surface area contributed by atoms with Crippen LogP contribution in [0.2, 0.25) is 0 Å². The molecule has 0 unspecified atom stereocenters. The van der Waals surface area contributed by atoms with Crippen LogP contribution < -0.4 is 4.74 Å². The van der Waals surface area contributed by atoms with Crippen molar-refractivity contribution in [1.82, 2.24) is 0 Å². The number of aryl methyl sites for hydroxylation is 1. The molecule has 8 rings (SSSR count). The zero-order chi connectivity index (χ0) is 34.6. The molecule has 0 saturated carbocycles. The summed E-state index contributed by atoms with van der Waals surface area (Å²) in [4.78, 5) is 5.08. The molecule has 0 atom stereocenters. The van der Waals surface area contributed by atoms with E-state index in [1.807, 2.05) is 6.21 Å². The van der Waals surface area contributed by atoms with Gasteiger partial charge in [-0.2, -0.15) is 0 Å². The van der Waals surface area contributed by atoms with E-state index >= 15 is 0 Å². The number of benzene rings is 7. The number of fused-ring (bicyclic) bond motifs is 2.